The van der Waals surface area contributed by atoms with E-state index in [0.717, 1.165) is 27.8 Å². The Morgan fingerprint density at radius 2 is 1.62 bits per heavy atom. The number of carbonyl (C=O) groups excluding carboxylic acids is 2. The second-order valence-electron chi connectivity index (χ2n) is 10.6. The van der Waals surface area contributed by atoms with Gasteiger partial charge >= 0.3 is 0 Å². The summed E-state index contributed by atoms with van der Waals surface area (Å²) in [6, 6.07) is 20.4. The molecule has 196 valence electrons. The number of aryl methyl sites for hydroxylation is 2. The van der Waals surface area contributed by atoms with E-state index in [1.54, 1.807) is 11.0 Å². The Hall–Kier alpha value is -3.31. The Kier molecular flexibility index (Phi) is 9.39. The van der Waals surface area contributed by atoms with Crippen molar-refractivity contribution in [3.63, 3.8) is 0 Å². The predicted octanol–water partition coefficient (Wildman–Crippen LogP) is 6.20. The van der Waals surface area contributed by atoms with Crippen LogP contribution in [0.4, 0.5) is 0 Å². The third-order valence-electron chi connectivity index (χ3n) is 6.13. The number of hydrogen-bond donors (Lipinski definition) is 1. The molecule has 3 rings (SSSR count). The van der Waals surface area contributed by atoms with E-state index in [9.17, 15) is 9.59 Å². The molecule has 3 aromatic carbocycles. The van der Waals surface area contributed by atoms with E-state index in [1.807, 2.05) is 96.1 Å². The van der Waals surface area contributed by atoms with E-state index in [4.69, 9.17) is 16.3 Å². The summed E-state index contributed by atoms with van der Waals surface area (Å²) in [6.07, 6.45) is 0.373. The maximum absolute atomic E-state index is 13.8. The van der Waals surface area contributed by atoms with Crippen LogP contribution in [0.2, 0.25) is 5.02 Å². The van der Waals surface area contributed by atoms with Crippen molar-refractivity contribution in [3.05, 3.63) is 99.6 Å². The molecule has 0 saturated heterocycles. The first-order valence-electron chi connectivity index (χ1n) is 12.5. The summed E-state index contributed by atoms with van der Waals surface area (Å²) >= 11 is 6.25. The highest BCUT2D eigenvalue weighted by Crippen LogP contribution is 2.24. The smallest absolute Gasteiger partial charge is 0.261 e. The molecule has 1 N–H and O–H groups in total. The lowest BCUT2D eigenvalue weighted by Crippen LogP contribution is -2.55. The first kappa shape index (κ1) is 28.3. The third kappa shape index (κ3) is 8.36. The zero-order valence-corrected chi connectivity index (χ0v) is 23.4. The molecule has 3 aromatic rings. The molecule has 0 bridgehead atoms. The van der Waals surface area contributed by atoms with Crippen LogP contribution in [0.15, 0.2) is 66.7 Å². The molecule has 0 heterocycles. The predicted molar refractivity (Wildman–Crippen MR) is 150 cm³/mol. The molecule has 37 heavy (non-hydrogen) atoms. The van der Waals surface area contributed by atoms with Crippen LogP contribution >= 0.6 is 11.6 Å². The Balaban J connectivity index is 1.96. The monoisotopic (exact) mass is 520 g/mol. The Morgan fingerprint density at radius 3 is 2.27 bits per heavy atom. The lowest BCUT2D eigenvalue weighted by molar-refractivity contribution is -0.143. The zero-order valence-electron chi connectivity index (χ0n) is 22.6. The van der Waals surface area contributed by atoms with Crippen molar-refractivity contribution in [3.8, 4) is 5.75 Å². The van der Waals surface area contributed by atoms with Gasteiger partial charge in [0.2, 0.25) is 5.91 Å². The summed E-state index contributed by atoms with van der Waals surface area (Å²) in [5.41, 5.74) is 4.50. The first-order valence-corrected chi connectivity index (χ1v) is 12.9. The summed E-state index contributed by atoms with van der Waals surface area (Å²) in [5, 5.41) is 3.64. The average Bonchev–Trinajstić information content (AvgIpc) is 2.82. The highest BCUT2D eigenvalue weighted by Gasteiger charge is 2.32. The quantitative estimate of drug-likeness (QED) is 0.365. The first-order chi connectivity index (χ1) is 17.4. The average molecular weight is 521 g/mol. The van der Waals surface area contributed by atoms with Gasteiger partial charge in [0, 0.05) is 23.5 Å². The van der Waals surface area contributed by atoms with Gasteiger partial charge in [-0.05, 0) is 87.6 Å². The highest BCUT2D eigenvalue weighted by atomic mass is 35.5. The van der Waals surface area contributed by atoms with Gasteiger partial charge in [-0.1, -0.05) is 60.1 Å². The van der Waals surface area contributed by atoms with Gasteiger partial charge in [0.1, 0.15) is 11.8 Å². The maximum Gasteiger partial charge on any atom is 0.261 e. The zero-order chi connectivity index (χ0) is 27.2. The summed E-state index contributed by atoms with van der Waals surface area (Å²) in [7, 11) is 0. The molecule has 6 heteroatoms. The summed E-state index contributed by atoms with van der Waals surface area (Å²) < 4.78 is 6.03. The van der Waals surface area contributed by atoms with Crippen molar-refractivity contribution in [2.45, 2.75) is 66.1 Å². The van der Waals surface area contributed by atoms with Crippen LogP contribution in [-0.4, -0.2) is 34.9 Å². The summed E-state index contributed by atoms with van der Waals surface area (Å²) in [6.45, 7) is 11.8. The second-order valence-corrected chi connectivity index (χ2v) is 11.0. The van der Waals surface area contributed by atoms with Gasteiger partial charge in [0.25, 0.3) is 5.91 Å². The number of nitrogens with one attached hydrogen (secondary N) is 1. The number of ether oxygens (including phenoxy) is 1. The molecule has 5 nitrogen and oxygen atoms in total. The summed E-state index contributed by atoms with van der Waals surface area (Å²) in [5.74, 6) is 0.185. The molecule has 0 saturated carbocycles. The van der Waals surface area contributed by atoms with E-state index in [0.29, 0.717) is 17.2 Å². The van der Waals surface area contributed by atoms with Gasteiger partial charge in [0.15, 0.2) is 6.61 Å². The van der Waals surface area contributed by atoms with Crippen LogP contribution in [0.1, 0.15) is 48.6 Å². The standard InChI is InChI=1S/C31H37ClN2O3/c1-21-15-22(2)23(3)28(16-21)37-20-29(35)34(19-25-13-10-14-26(32)17-25)27(30(36)33-31(4,5)6)18-24-11-8-7-9-12-24/h7-17,27H,18-20H2,1-6H3,(H,33,36). The molecule has 1 atom stereocenters. The fraction of sp³-hybridized carbons (Fsp3) is 0.355. The normalized spacial score (nSPS) is 12.1. The maximum atomic E-state index is 13.8. The van der Waals surface area contributed by atoms with Crippen molar-refractivity contribution >= 4 is 23.4 Å². The number of carbonyl (C=O) groups is 2. The SMILES string of the molecule is Cc1cc(C)c(C)c(OCC(=O)N(Cc2cccc(Cl)c2)C(Cc2ccccc2)C(=O)NC(C)(C)C)c1. The molecular weight excluding hydrogens is 484 g/mol. The van der Waals surface area contributed by atoms with Crippen molar-refractivity contribution in [1.29, 1.82) is 0 Å². The van der Waals surface area contributed by atoms with Gasteiger partial charge in [-0.15, -0.1) is 0 Å². The van der Waals surface area contributed by atoms with E-state index in [1.165, 1.54) is 0 Å². The van der Waals surface area contributed by atoms with Crippen molar-refractivity contribution < 1.29 is 14.3 Å². The molecule has 0 fully saturated rings. The van der Waals surface area contributed by atoms with Crippen LogP contribution in [0.25, 0.3) is 0 Å². The molecule has 0 aromatic heterocycles. The molecule has 0 aliphatic heterocycles. The molecule has 0 radical (unpaired) electrons. The van der Waals surface area contributed by atoms with E-state index >= 15 is 0 Å². The van der Waals surface area contributed by atoms with E-state index in [-0.39, 0.29) is 25.0 Å². The van der Waals surface area contributed by atoms with Gasteiger partial charge in [-0.3, -0.25) is 9.59 Å². The van der Waals surface area contributed by atoms with Crippen LogP contribution in [-0.2, 0) is 22.6 Å². The molecule has 0 aliphatic carbocycles. The van der Waals surface area contributed by atoms with Crippen LogP contribution in [0, 0.1) is 20.8 Å². The Bertz CT molecular complexity index is 1230. The van der Waals surface area contributed by atoms with Gasteiger partial charge in [-0.25, -0.2) is 0 Å². The lowest BCUT2D eigenvalue weighted by Gasteiger charge is -2.34. The topological polar surface area (TPSA) is 58.6 Å². The number of rotatable bonds is 9. The number of halogens is 1. The number of hydrogen-bond acceptors (Lipinski definition) is 3. The number of nitrogens with zero attached hydrogens (tertiary/aromatic N) is 1. The molecule has 2 amide bonds. The fourth-order valence-corrected chi connectivity index (χ4v) is 4.42. The van der Waals surface area contributed by atoms with Gasteiger partial charge in [0.05, 0.1) is 0 Å². The lowest BCUT2D eigenvalue weighted by atomic mass is 10.0. The fourth-order valence-electron chi connectivity index (χ4n) is 4.21. The van der Waals surface area contributed by atoms with Gasteiger partial charge in [-0.2, -0.15) is 0 Å². The second kappa shape index (κ2) is 12.3. The minimum Gasteiger partial charge on any atom is -0.483 e. The third-order valence-corrected chi connectivity index (χ3v) is 6.36. The number of benzene rings is 3. The van der Waals surface area contributed by atoms with Crippen LogP contribution < -0.4 is 10.1 Å². The van der Waals surface area contributed by atoms with E-state index in [2.05, 4.69) is 11.4 Å². The minimum atomic E-state index is -0.739. The van der Waals surface area contributed by atoms with Crippen molar-refractivity contribution in [1.82, 2.24) is 10.2 Å². The van der Waals surface area contributed by atoms with Crippen LogP contribution in [0.5, 0.6) is 5.75 Å². The van der Waals surface area contributed by atoms with Crippen molar-refractivity contribution in [2.24, 2.45) is 0 Å². The molecule has 1 unspecified atom stereocenters. The van der Waals surface area contributed by atoms with E-state index < -0.39 is 11.6 Å². The molecule has 0 aliphatic rings. The Labute approximate surface area is 225 Å². The van der Waals surface area contributed by atoms with Crippen LogP contribution in [0.3, 0.4) is 0 Å². The highest BCUT2D eigenvalue weighted by molar-refractivity contribution is 6.30. The Morgan fingerprint density at radius 1 is 0.946 bits per heavy atom. The van der Waals surface area contributed by atoms with Crippen molar-refractivity contribution in [2.75, 3.05) is 6.61 Å². The molecule has 0 spiro atoms. The molecular formula is C31H37ClN2O3. The summed E-state index contributed by atoms with van der Waals surface area (Å²) in [4.78, 5) is 29.0. The van der Waals surface area contributed by atoms with Gasteiger partial charge < -0.3 is 15.0 Å². The largest absolute Gasteiger partial charge is 0.483 e. The minimum absolute atomic E-state index is 0.182. The number of amides is 2.